The van der Waals surface area contributed by atoms with E-state index >= 15 is 0 Å². The van der Waals surface area contributed by atoms with E-state index < -0.39 is 0 Å². The van der Waals surface area contributed by atoms with E-state index in [1.54, 1.807) is 7.11 Å². The van der Waals surface area contributed by atoms with Crippen molar-refractivity contribution in [2.75, 3.05) is 7.11 Å². The van der Waals surface area contributed by atoms with Crippen molar-refractivity contribution >= 4 is 15.9 Å². The molecule has 1 unspecified atom stereocenters. The summed E-state index contributed by atoms with van der Waals surface area (Å²) in [5, 5.41) is 3.97. The van der Waals surface area contributed by atoms with E-state index in [0.717, 1.165) is 17.7 Å². The molecule has 0 fully saturated rings. The van der Waals surface area contributed by atoms with Gasteiger partial charge in [-0.15, -0.1) is 0 Å². The zero-order valence-electron chi connectivity index (χ0n) is 9.68. The van der Waals surface area contributed by atoms with Gasteiger partial charge in [0.2, 0.25) is 11.7 Å². The van der Waals surface area contributed by atoms with E-state index in [0.29, 0.717) is 11.7 Å². The minimum atomic E-state index is 0.0958. The maximum absolute atomic E-state index is 5.26. The van der Waals surface area contributed by atoms with Crippen molar-refractivity contribution in [1.82, 2.24) is 10.1 Å². The number of methoxy groups -OCH3 is 1. The van der Waals surface area contributed by atoms with Crippen molar-refractivity contribution in [1.29, 1.82) is 0 Å². The van der Waals surface area contributed by atoms with Gasteiger partial charge in [0, 0.05) is 0 Å². The van der Waals surface area contributed by atoms with Crippen LogP contribution in [0.1, 0.15) is 24.1 Å². The molecule has 0 saturated heterocycles. The molecule has 0 radical (unpaired) electrons. The molecule has 0 aliphatic carbocycles. The second-order valence-electron chi connectivity index (χ2n) is 3.53. The first kappa shape index (κ1) is 12.1. The van der Waals surface area contributed by atoms with Crippen LogP contribution in [0.5, 0.6) is 5.75 Å². The molecule has 1 atom stereocenters. The van der Waals surface area contributed by atoms with E-state index in [9.17, 15) is 0 Å². The monoisotopic (exact) mass is 296 g/mol. The summed E-state index contributed by atoms with van der Waals surface area (Å²) >= 11 is 3.48. The highest BCUT2D eigenvalue weighted by Gasteiger charge is 2.16. The first-order valence-corrected chi connectivity index (χ1v) is 6.29. The molecule has 5 heteroatoms. The van der Waals surface area contributed by atoms with E-state index in [1.807, 2.05) is 31.2 Å². The summed E-state index contributed by atoms with van der Waals surface area (Å²) in [5.41, 5.74) is 0.834. The Bertz CT molecular complexity index is 499. The lowest BCUT2D eigenvalue weighted by atomic mass is 10.2. The third-order valence-electron chi connectivity index (χ3n) is 2.42. The maximum Gasteiger partial charge on any atom is 0.240 e. The highest BCUT2D eigenvalue weighted by atomic mass is 79.9. The van der Waals surface area contributed by atoms with E-state index in [4.69, 9.17) is 9.26 Å². The molecule has 17 heavy (non-hydrogen) atoms. The molecule has 1 heterocycles. The highest BCUT2D eigenvalue weighted by Crippen LogP contribution is 2.30. The summed E-state index contributed by atoms with van der Waals surface area (Å²) < 4.78 is 10.5. The SMILES string of the molecule is CCC(Br)c1nc(-c2ccccc2OC)no1. The Morgan fingerprint density at radius 3 is 2.88 bits per heavy atom. The van der Waals surface area contributed by atoms with Crippen LogP contribution in [0.3, 0.4) is 0 Å². The molecule has 0 N–H and O–H groups in total. The molecule has 2 aromatic rings. The second kappa shape index (κ2) is 5.31. The fraction of sp³-hybridized carbons (Fsp3) is 0.333. The first-order chi connectivity index (χ1) is 8.26. The molecule has 0 amide bonds. The van der Waals surface area contributed by atoms with Crippen molar-refractivity contribution in [2.24, 2.45) is 0 Å². The number of rotatable bonds is 4. The van der Waals surface area contributed by atoms with Gasteiger partial charge in [-0.05, 0) is 18.6 Å². The smallest absolute Gasteiger partial charge is 0.240 e. The molecular formula is C12H13BrN2O2. The number of para-hydroxylation sites is 1. The highest BCUT2D eigenvalue weighted by molar-refractivity contribution is 9.09. The van der Waals surface area contributed by atoms with E-state index in [2.05, 4.69) is 26.1 Å². The first-order valence-electron chi connectivity index (χ1n) is 5.37. The molecule has 2 rings (SSSR count). The van der Waals surface area contributed by atoms with Crippen LogP contribution in [-0.4, -0.2) is 17.3 Å². The largest absolute Gasteiger partial charge is 0.496 e. The van der Waals surface area contributed by atoms with Gasteiger partial charge < -0.3 is 9.26 Å². The van der Waals surface area contributed by atoms with Gasteiger partial charge >= 0.3 is 0 Å². The number of alkyl halides is 1. The Kier molecular flexibility index (Phi) is 3.78. The predicted molar refractivity (Wildman–Crippen MR) is 68.2 cm³/mol. The zero-order valence-corrected chi connectivity index (χ0v) is 11.3. The fourth-order valence-electron chi connectivity index (χ4n) is 1.48. The van der Waals surface area contributed by atoms with Crippen LogP contribution in [0, 0.1) is 0 Å². The summed E-state index contributed by atoms with van der Waals surface area (Å²) in [6.45, 7) is 2.05. The number of halogens is 1. The van der Waals surface area contributed by atoms with Crippen molar-refractivity contribution in [3.05, 3.63) is 30.2 Å². The maximum atomic E-state index is 5.26. The Hall–Kier alpha value is -1.36. The molecule has 90 valence electrons. The number of ether oxygens (including phenoxy) is 1. The van der Waals surface area contributed by atoms with E-state index in [1.165, 1.54) is 0 Å². The van der Waals surface area contributed by atoms with Gasteiger partial charge in [-0.2, -0.15) is 4.98 Å². The Balaban J connectivity index is 2.37. The molecule has 1 aromatic carbocycles. The topological polar surface area (TPSA) is 48.2 Å². The lowest BCUT2D eigenvalue weighted by Crippen LogP contribution is -1.90. The molecule has 0 aliphatic rings. The zero-order chi connectivity index (χ0) is 12.3. The van der Waals surface area contributed by atoms with Crippen LogP contribution in [0.2, 0.25) is 0 Å². The summed E-state index contributed by atoms with van der Waals surface area (Å²) in [6, 6.07) is 7.60. The van der Waals surface area contributed by atoms with Crippen LogP contribution in [0.25, 0.3) is 11.4 Å². The van der Waals surface area contributed by atoms with Gasteiger partial charge in [0.05, 0.1) is 17.5 Å². The van der Waals surface area contributed by atoms with Crippen LogP contribution < -0.4 is 4.74 Å². The number of nitrogens with zero attached hydrogens (tertiary/aromatic N) is 2. The average molecular weight is 297 g/mol. The number of aromatic nitrogens is 2. The fourth-order valence-corrected chi connectivity index (χ4v) is 1.66. The van der Waals surface area contributed by atoms with Crippen molar-refractivity contribution in [3.63, 3.8) is 0 Å². The van der Waals surface area contributed by atoms with Crippen molar-refractivity contribution in [2.45, 2.75) is 18.2 Å². The molecule has 0 aliphatic heterocycles. The number of hydrogen-bond acceptors (Lipinski definition) is 4. The minimum absolute atomic E-state index is 0.0958. The molecule has 0 spiro atoms. The van der Waals surface area contributed by atoms with Gasteiger partial charge in [-0.1, -0.05) is 40.1 Å². The van der Waals surface area contributed by atoms with Crippen LogP contribution >= 0.6 is 15.9 Å². The van der Waals surface area contributed by atoms with Gasteiger partial charge in [0.25, 0.3) is 0 Å². The second-order valence-corrected chi connectivity index (χ2v) is 4.64. The van der Waals surface area contributed by atoms with Crippen LogP contribution in [0.15, 0.2) is 28.8 Å². The van der Waals surface area contributed by atoms with Crippen molar-refractivity contribution in [3.8, 4) is 17.1 Å². The lowest BCUT2D eigenvalue weighted by molar-refractivity contribution is 0.376. The van der Waals surface area contributed by atoms with Gasteiger partial charge in [0.15, 0.2) is 0 Å². The lowest BCUT2D eigenvalue weighted by Gasteiger charge is -2.03. The summed E-state index contributed by atoms with van der Waals surface area (Å²) in [4.78, 5) is 4.45. The summed E-state index contributed by atoms with van der Waals surface area (Å²) in [7, 11) is 1.62. The number of benzene rings is 1. The predicted octanol–water partition coefficient (Wildman–Crippen LogP) is 3.59. The third kappa shape index (κ3) is 2.49. The Morgan fingerprint density at radius 2 is 2.18 bits per heavy atom. The quantitative estimate of drug-likeness (QED) is 0.809. The molecule has 4 nitrogen and oxygen atoms in total. The Morgan fingerprint density at radius 1 is 1.41 bits per heavy atom. The normalized spacial score (nSPS) is 12.4. The minimum Gasteiger partial charge on any atom is -0.496 e. The molecule has 0 saturated carbocycles. The summed E-state index contributed by atoms with van der Waals surface area (Å²) in [6.07, 6.45) is 0.896. The Labute approximate surface area is 108 Å². The molecule has 1 aromatic heterocycles. The molecule has 0 bridgehead atoms. The summed E-state index contributed by atoms with van der Waals surface area (Å²) in [5.74, 6) is 1.88. The van der Waals surface area contributed by atoms with Crippen LogP contribution in [0.4, 0.5) is 0 Å². The van der Waals surface area contributed by atoms with Gasteiger partial charge in [0.1, 0.15) is 5.75 Å². The number of hydrogen-bond donors (Lipinski definition) is 0. The average Bonchev–Trinajstić information content (AvgIpc) is 2.87. The molecular weight excluding hydrogens is 284 g/mol. The van der Waals surface area contributed by atoms with Gasteiger partial charge in [-0.3, -0.25) is 0 Å². The van der Waals surface area contributed by atoms with Gasteiger partial charge in [-0.25, -0.2) is 0 Å². The van der Waals surface area contributed by atoms with E-state index in [-0.39, 0.29) is 4.83 Å². The van der Waals surface area contributed by atoms with Crippen LogP contribution in [-0.2, 0) is 0 Å². The van der Waals surface area contributed by atoms with Crippen molar-refractivity contribution < 1.29 is 9.26 Å². The third-order valence-corrected chi connectivity index (χ3v) is 3.46. The standard InChI is InChI=1S/C12H13BrN2O2/c1-3-9(13)12-14-11(15-17-12)8-6-4-5-7-10(8)16-2/h4-7,9H,3H2,1-2H3.